The number of H-pyrrole nitrogens is 1. The molecule has 0 bridgehead atoms. The number of aromatic nitrogens is 2. The number of nitrogens with one attached hydrogen (secondary N) is 1. The molecule has 0 saturated carbocycles. The molecule has 0 unspecified atom stereocenters. The first-order valence-corrected chi connectivity index (χ1v) is 6.96. The molecule has 14 heavy (non-hydrogen) atoms. The van der Waals surface area contributed by atoms with Crippen LogP contribution in [0.25, 0.3) is 0 Å². The molecule has 0 aromatic carbocycles. The van der Waals surface area contributed by atoms with E-state index >= 15 is 0 Å². The second-order valence-electron chi connectivity index (χ2n) is 3.28. The number of rotatable bonds is 4. The SMILES string of the molecule is S=c1[nH]nc(SCCN2CCCC2)s1. The van der Waals surface area contributed by atoms with E-state index in [1.165, 1.54) is 32.5 Å². The fraction of sp³-hybridized carbons (Fsp3) is 0.750. The quantitative estimate of drug-likeness (QED) is 0.654. The van der Waals surface area contributed by atoms with Gasteiger partial charge < -0.3 is 4.90 Å². The predicted octanol–water partition coefficient (Wildman–Crippen LogP) is 2.39. The van der Waals surface area contributed by atoms with E-state index < -0.39 is 0 Å². The van der Waals surface area contributed by atoms with Crippen LogP contribution in [-0.2, 0) is 0 Å². The van der Waals surface area contributed by atoms with Gasteiger partial charge in [-0.05, 0) is 38.1 Å². The van der Waals surface area contributed by atoms with Gasteiger partial charge in [0.15, 0.2) is 8.29 Å². The van der Waals surface area contributed by atoms with Crippen LogP contribution in [0.1, 0.15) is 12.8 Å². The van der Waals surface area contributed by atoms with E-state index in [9.17, 15) is 0 Å². The number of hydrogen-bond acceptors (Lipinski definition) is 5. The van der Waals surface area contributed by atoms with E-state index in [-0.39, 0.29) is 0 Å². The van der Waals surface area contributed by atoms with Crippen LogP contribution in [0.2, 0.25) is 0 Å². The van der Waals surface area contributed by atoms with Crippen LogP contribution in [0, 0.1) is 3.95 Å². The fourth-order valence-electron chi connectivity index (χ4n) is 1.55. The summed E-state index contributed by atoms with van der Waals surface area (Å²) >= 11 is 8.33. The van der Waals surface area contributed by atoms with Crippen LogP contribution >= 0.6 is 35.3 Å². The van der Waals surface area contributed by atoms with E-state index in [0.29, 0.717) is 0 Å². The molecule has 6 heteroatoms. The molecule has 1 aromatic heterocycles. The molecule has 0 spiro atoms. The number of nitrogens with zero attached hydrogens (tertiary/aromatic N) is 2. The standard InChI is InChI=1S/C8H13N3S3/c12-7-9-10-8(14-7)13-6-5-11-3-1-2-4-11/h1-6H2,(H,9,12). The molecule has 1 saturated heterocycles. The molecule has 0 atom stereocenters. The van der Waals surface area contributed by atoms with Crippen LogP contribution in [0.5, 0.6) is 0 Å². The first kappa shape index (κ1) is 10.6. The monoisotopic (exact) mass is 247 g/mol. The summed E-state index contributed by atoms with van der Waals surface area (Å²) in [6.07, 6.45) is 2.73. The third kappa shape index (κ3) is 3.05. The van der Waals surface area contributed by atoms with Gasteiger partial charge in [-0.15, -0.1) is 0 Å². The van der Waals surface area contributed by atoms with Crippen molar-refractivity contribution in [3.05, 3.63) is 3.95 Å². The van der Waals surface area contributed by atoms with Crippen molar-refractivity contribution in [1.29, 1.82) is 0 Å². The van der Waals surface area contributed by atoms with Crippen molar-refractivity contribution >= 4 is 35.3 Å². The first-order valence-electron chi connectivity index (χ1n) is 4.75. The number of hydrogen-bond donors (Lipinski definition) is 1. The Hall–Kier alpha value is 0.0900. The lowest BCUT2D eigenvalue weighted by Gasteiger charge is -2.12. The van der Waals surface area contributed by atoms with Crippen molar-refractivity contribution in [1.82, 2.24) is 15.1 Å². The van der Waals surface area contributed by atoms with Gasteiger partial charge in [0, 0.05) is 12.3 Å². The second-order valence-corrected chi connectivity index (χ2v) is 6.28. The summed E-state index contributed by atoms with van der Waals surface area (Å²) in [6.45, 7) is 3.73. The maximum absolute atomic E-state index is 4.97. The van der Waals surface area contributed by atoms with Crippen molar-refractivity contribution in [2.24, 2.45) is 0 Å². The molecule has 1 aliphatic rings. The van der Waals surface area contributed by atoms with Gasteiger partial charge in [-0.3, -0.25) is 5.10 Å². The summed E-state index contributed by atoms with van der Waals surface area (Å²) in [5.41, 5.74) is 0. The lowest BCUT2D eigenvalue weighted by molar-refractivity contribution is 0.362. The highest BCUT2D eigenvalue weighted by atomic mass is 32.2. The molecular formula is C8H13N3S3. The van der Waals surface area contributed by atoms with Gasteiger partial charge in [0.05, 0.1) is 0 Å². The highest BCUT2D eigenvalue weighted by molar-refractivity contribution is 8.01. The Morgan fingerprint density at radius 2 is 2.29 bits per heavy atom. The Bertz CT molecular complexity index is 327. The van der Waals surface area contributed by atoms with Gasteiger partial charge in [0.1, 0.15) is 0 Å². The minimum absolute atomic E-state index is 0.772. The Morgan fingerprint density at radius 1 is 1.50 bits per heavy atom. The molecule has 2 heterocycles. The summed E-state index contributed by atoms with van der Waals surface area (Å²) in [7, 11) is 0. The third-order valence-corrected chi connectivity index (χ3v) is 4.46. The van der Waals surface area contributed by atoms with Gasteiger partial charge in [-0.25, -0.2) is 0 Å². The van der Waals surface area contributed by atoms with Gasteiger partial charge in [0.25, 0.3) is 0 Å². The van der Waals surface area contributed by atoms with Crippen molar-refractivity contribution < 1.29 is 0 Å². The van der Waals surface area contributed by atoms with Crippen LogP contribution in [0.4, 0.5) is 0 Å². The van der Waals surface area contributed by atoms with E-state index in [1.807, 2.05) is 0 Å². The van der Waals surface area contributed by atoms with Crippen LogP contribution in [0.3, 0.4) is 0 Å². The number of aromatic amines is 1. The maximum Gasteiger partial charge on any atom is 0.177 e. The van der Waals surface area contributed by atoms with Gasteiger partial charge in [-0.2, -0.15) is 5.10 Å². The van der Waals surface area contributed by atoms with E-state index in [2.05, 4.69) is 15.1 Å². The van der Waals surface area contributed by atoms with Crippen LogP contribution in [-0.4, -0.2) is 40.5 Å². The zero-order valence-electron chi connectivity index (χ0n) is 7.86. The summed E-state index contributed by atoms with van der Waals surface area (Å²) < 4.78 is 1.84. The summed E-state index contributed by atoms with van der Waals surface area (Å²) in [5.74, 6) is 1.12. The minimum Gasteiger partial charge on any atom is -0.303 e. The summed E-state index contributed by atoms with van der Waals surface area (Å²) in [4.78, 5) is 2.51. The average Bonchev–Trinajstić information content (AvgIpc) is 2.77. The van der Waals surface area contributed by atoms with Crippen molar-refractivity contribution in [3.8, 4) is 0 Å². The van der Waals surface area contributed by atoms with E-state index in [4.69, 9.17) is 12.2 Å². The Balaban J connectivity index is 1.69. The molecule has 1 N–H and O–H groups in total. The molecule has 1 fully saturated rings. The molecule has 1 aromatic rings. The van der Waals surface area contributed by atoms with Gasteiger partial charge >= 0.3 is 0 Å². The molecular weight excluding hydrogens is 234 g/mol. The predicted molar refractivity (Wildman–Crippen MR) is 63.7 cm³/mol. The molecule has 3 nitrogen and oxygen atoms in total. The van der Waals surface area contributed by atoms with Crippen molar-refractivity contribution in [2.45, 2.75) is 17.2 Å². The zero-order valence-corrected chi connectivity index (χ0v) is 10.3. The van der Waals surface area contributed by atoms with Gasteiger partial charge in [-0.1, -0.05) is 23.1 Å². The molecule has 0 amide bonds. The average molecular weight is 247 g/mol. The summed E-state index contributed by atoms with van der Waals surface area (Å²) in [5, 5.41) is 6.91. The first-order chi connectivity index (χ1) is 6.84. The number of likely N-dealkylation sites (tertiary alicyclic amines) is 1. The van der Waals surface area contributed by atoms with Crippen LogP contribution in [0.15, 0.2) is 4.34 Å². The topological polar surface area (TPSA) is 31.9 Å². The molecule has 0 radical (unpaired) electrons. The third-order valence-electron chi connectivity index (χ3n) is 2.25. The van der Waals surface area contributed by atoms with E-state index in [1.54, 1.807) is 23.1 Å². The smallest absolute Gasteiger partial charge is 0.177 e. The summed E-state index contributed by atoms with van der Waals surface area (Å²) in [6, 6.07) is 0. The Kier molecular flexibility index (Phi) is 3.98. The molecule has 2 rings (SSSR count). The minimum atomic E-state index is 0.772. The molecule has 0 aliphatic carbocycles. The Labute approximate surface area is 96.9 Å². The molecule has 1 aliphatic heterocycles. The lowest BCUT2D eigenvalue weighted by atomic mass is 10.4. The maximum atomic E-state index is 4.97. The normalized spacial score (nSPS) is 17.7. The Morgan fingerprint density at radius 3 is 2.93 bits per heavy atom. The highest BCUT2D eigenvalue weighted by Gasteiger charge is 2.10. The van der Waals surface area contributed by atoms with Crippen LogP contribution < -0.4 is 0 Å². The van der Waals surface area contributed by atoms with Crippen molar-refractivity contribution in [3.63, 3.8) is 0 Å². The van der Waals surface area contributed by atoms with Crippen molar-refractivity contribution in [2.75, 3.05) is 25.4 Å². The second kappa shape index (κ2) is 5.25. The lowest BCUT2D eigenvalue weighted by Crippen LogP contribution is -2.21. The molecule has 78 valence electrons. The van der Waals surface area contributed by atoms with Gasteiger partial charge in [0.2, 0.25) is 0 Å². The zero-order chi connectivity index (χ0) is 9.80. The largest absolute Gasteiger partial charge is 0.303 e. The van der Waals surface area contributed by atoms with E-state index in [0.717, 1.165) is 14.0 Å². The number of thioether (sulfide) groups is 1. The highest BCUT2D eigenvalue weighted by Crippen LogP contribution is 2.20. The fourth-order valence-corrected chi connectivity index (χ4v) is 3.70.